The Kier molecular flexibility index (Phi) is 11.8. The van der Waals surface area contributed by atoms with Gasteiger partial charge >= 0.3 is 0 Å². The third kappa shape index (κ3) is 8.66. The molecule has 0 radical (unpaired) electrons. The highest BCUT2D eigenvalue weighted by atomic mass is 16.5. The molecular formula is C40H49NO3. The second-order valence-corrected chi connectivity index (χ2v) is 12.3. The van der Waals surface area contributed by atoms with Crippen LogP contribution in [0.5, 0.6) is 17.2 Å². The Balaban J connectivity index is 1.30. The molecule has 0 bridgehead atoms. The summed E-state index contributed by atoms with van der Waals surface area (Å²) >= 11 is 0. The first-order valence-corrected chi connectivity index (χ1v) is 16.5. The fraction of sp³-hybridized carbons (Fsp3) is 0.400. The van der Waals surface area contributed by atoms with Crippen molar-refractivity contribution in [1.82, 2.24) is 4.90 Å². The monoisotopic (exact) mass is 591 g/mol. The van der Waals surface area contributed by atoms with Gasteiger partial charge in [0.25, 0.3) is 0 Å². The summed E-state index contributed by atoms with van der Waals surface area (Å²) in [6.07, 6.45) is 10.3. The number of unbranched alkanes of at least 4 members (excludes halogenated alkanes) is 6. The molecule has 0 saturated carbocycles. The van der Waals surface area contributed by atoms with Crippen molar-refractivity contribution in [2.75, 3.05) is 20.7 Å². The summed E-state index contributed by atoms with van der Waals surface area (Å²) in [5.41, 5.74) is 4.89. The average molecular weight is 592 g/mol. The minimum Gasteiger partial charge on any atom is -0.492 e. The summed E-state index contributed by atoms with van der Waals surface area (Å²) in [5, 5.41) is 0. The van der Waals surface area contributed by atoms with Gasteiger partial charge in [-0.05, 0) is 61.8 Å². The fourth-order valence-corrected chi connectivity index (χ4v) is 6.23. The van der Waals surface area contributed by atoms with Gasteiger partial charge in [0.05, 0.1) is 6.61 Å². The lowest BCUT2D eigenvalue weighted by molar-refractivity contribution is 0.0544. The van der Waals surface area contributed by atoms with E-state index in [1.807, 2.05) is 18.2 Å². The molecule has 5 rings (SSSR count). The van der Waals surface area contributed by atoms with Crippen molar-refractivity contribution in [3.05, 3.63) is 125 Å². The highest BCUT2D eigenvalue weighted by Crippen LogP contribution is 2.47. The van der Waals surface area contributed by atoms with Gasteiger partial charge in [-0.2, -0.15) is 0 Å². The molecule has 1 aliphatic heterocycles. The van der Waals surface area contributed by atoms with E-state index in [4.69, 9.17) is 14.2 Å². The molecule has 0 aromatic heterocycles. The first-order valence-electron chi connectivity index (χ1n) is 16.5. The predicted octanol–water partition coefficient (Wildman–Crippen LogP) is 9.98. The maximum absolute atomic E-state index is 6.51. The van der Waals surface area contributed by atoms with Gasteiger partial charge in [-0.25, -0.2) is 0 Å². The van der Waals surface area contributed by atoms with Crippen LogP contribution >= 0.6 is 0 Å². The first kappa shape index (κ1) is 31.7. The minimum absolute atomic E-state index is 0.0756. The van der Waals surface area contributed by atoms with Crippen molar-refractivity contribution in [3.63, 3.8) is 0 Å². The number of benzene rings is 4. The summed E-state index contributed by atoms with van der Waals surface area (Å²) in [7, 11) is 4.23. The molecule has 4 heteroatoms. The molecule has 1 aliphatic rings. The van der Waals surface area contributed by atoms with Crippen molar-refractivity contribution in [2.24, 2.45) is 0 Å². The molecule has 1 heterocycles. The van der Waals surface area contributed by atoms with Crippen molar-refractivity contribution in [1.29, 1.82) is 0 Å². The highest BCUT2D eigenvalue weighted by molar-refractivity contribution is 5.51. The van der Waals surface area contributed by atoms with Crippen LogP contribution in [0.2, 0.25) is 0 Å². The highest BCUT2D eigenvalue weighted by Gasteiger charge is 2.33. The van der Waals surface area contributed by atoms with Gasteiger partial charge in [0.15, 0.2) is 6.23 Å². The first-order chi connectivity index (χ1) is 21.6. The van der Waals surface area contributed by atoms with Crippen LogP contribution < -0.4 is 14.2 Å². The van der Waals surface area contributed by atoms with Crippen LogP contribution in [0.4, 0.5) is 0 Å². The Bertz CT molecular complexity index is 1390. The number of ether oxygens (including phenoxy) is 3. The molecular weight excluding hydrogens is 542 g/mol. The maximum atomic E-state index is 6.51. The Labute approximate surface area is 265 Å². The van der Waals surface area contributed by atoms with E-state index in [0.29, 0.717) is 13.2 Å². The number of rotatable bonds is 16. The zero-order chi connectivity index (χ0) is 30.6. The van der Waals surface area contributed by atoms with E-state index in [1.165, 1.54) is 61.6 Å². The summed E-state index contributed by atoms with van der Waals surface area (Å²) in [6, 6.07) is 36.1. The molecule has 232 valence electrons. The topological polar surface area (TPSA) is 30.9 Å². The predicted molar refractivity (Wildman–Crippen MR) is 181 cm³/mol. The van der Waals surface area contributed by atoms with Crippen LogP contribution in [0, 0.1) is 0 Å². The maximum Gasteiger partial charge on any atom is 0.152 e. The molecule has 3 atom stereocenters. The third-order valence-corrected chi connectivity index (χ3v) is 8.76. The molecule has 44 heavy (non-hydrogen) atoms. The van der Waals surface area contributed by atoms with Gasteiger partial charge < -0.3 is 14.2 Å². The zero-order valence-electron chi connectivity index (χ0n) is 26.8. The van der Waals surface area contributed by atoms with Crippen molar-refractivity contribution >= 4 is 0 Å². The summed E-state index contributed by atoms with van der Waals surface area (Å²) in [4.78, 5) is 2.20. The van der Waals surface area contributed by atoms with Crippen LogP contribution in [-0.4, -0.2) is 31.8 Å². The molecule has 4 aromatic rings. The Morgan fingerprint density at radius 1 is 0.727 bits per heavy atom. The second-order valence-electron chi connectivity index (χ2n) is 12.3. The molecule has 3 unspecified atom stereocenters. The molecule has 0 aliphatic carbocycles. The van der Waals surface area contributed by atoms with Gasteiger partial charge in [0, 0.05) is 23.5 Å². The molecule has 0 spiro atoms. The average Bonchev–Trinajstić information content (AvgIpc) is 3.07. The number of hydrogen-bond donors (Lipinski definition) is 0. The van der Waals surface area contributed by atoms with Crippen molar-refractivity contribution in [2.45, 2.75) is 83.0 Å². The van der Waals surface area contributed by atoms with Gasteiger partial charge in [-0.3, -0.25) is 4.90 Å². The molecule has 0 N–H and O–H groups in total. The summed E-state index contributed by atoms with van der Waals surface area (Å²) < 4.78 is 19.0. The van der Waals surface area contributed by atoms with Gasteiger partial charge in [-0.1, -0.05) is 124 Å². The van der Waals surface area contributed by atoms with E-state index in [-0.39, 0.29) is 18.1 Å². The third-order valence-electron chi connectivity index (χ3n) is 8.76. The number of hydrogen-bond acceptors (Lipinski definition) is 4. The van der Waals surface area contributed by atoms with Crippen LogP contribution in [0.3, 0.4) is 0 Å². The van der Waals surface area contributed by atoms with Gasteiger partial charge in [-0.15, -0.1) is 0 Å². The Hall–Kier alpha value is -3.76. The van der Waals surface area contributed by atoms with E-state index < -0.39 is 0 Å². The van der Waals surface area contributed by atoms with E-state index in [2.05, 4.69) is 111 Å². The quantitative estimate of drug-likeness (QED) is 0.0958. The molecule has 4 nitrogen and oxygen atoms in total. The molecule has 0 saturated heterocycles. The van der Waals surface area contributed by atoms with Crippen molar-refractivity contribution in [3.8, 4) is 17.2 Å². The van der Waals surface area contributed by atoms with Crippen LogP contribution in [0.1, 0.15) is 92.4 Å². The lowest BCUT2D eigenvalue weighted by Crippen LogP contribution is -2.33. The second kappa shape index (κ2) is 16.4. The number of nitrogens with zero attached hydrogens (tertiary/aromatic N) is 1. The van der Waals surface area contributed by atoms with Crippen LogP contribution in [0.25, 0.3) is 0 Å². The fourth-order valence-electron chi connectivity index (χ4n) is 6.23. The summed E-state index contributed by atoms with van der Waals surface area (Å²) in [5.74, 6) is 3.01. The van der Waals surface area contributed by atoms with Gasteiger partial charge in [0.1, 0.15) is 23.9 Å². The zero-order valence-corrected chi connectivity index (χ0v) is 26.8. The van der Waals surface area contributed by atoms with E-state index in [1.54, 1.807) is 0 Å². The van der Waals surface area contributed by atoms with Crippen molar-refractivity contribution < 1.29 is 14.2 Å². The Morgan fingerprint density at radius 2 is 1.39 bits per heavy atom. The largest absolute Gasteiger partial charge is 0.492 e. The van der Waals surface area contributed by atoms with E-state index in [9.17, 15) is 0 Å². The molecule has 4 aromatic carbocycles. The lowest BCUT2D eigenvalue weighted by atomic mass is 9.76. The standard InChI is InChI=1S/C40H49NO3/c1-4-5-6-7-8-9-16-21-39(41(2)3)44-34-24-22-33(23-25-34)40-36-27-26-35(42-29-31-17-12-10-13-18-31)28-38(36)43-30-37(40)32-19-14-11-15-20-32/h10-15,17-20,22-28,37,39-40H,4-9,16,21,29-30H2,1-3H3. The van der Waals surface area contributed by atoms with E-state index in [0.717, 1.165) is 29.2 Å². The minimum atomic E-state index is 0.0756. The molecule has 0 fully saturated rings. The molecule has 0 amide bonds. The van der Waals surface area contributed by atoms with E-state index >= 15 is 0 Å². The van der Waals surface area contributed by atoms with Gasteiger partial charge in [0.2, 0.25) is 0 Å². The van der Waals surface area contributed by atoms with Crippen LogP contribution in [0.15, 0.2) is 103 Å². The van der Waals surface area contributed by atoms with Crippen LogP contribution in [-0.2, 0) is 6.61 Å². The Morgan fingerprint density at radius 3 is 2.09 bits per heavy atom. The normalized spacial score (nSPS) is 16.6. The smallest absolute Gasteiger partial charge is 0.152 e. The lowest BCUT2D eigenvalue weighted by Gasteiger charge is -2.35. The summed E-state index contributed by atoms with van der Waals surface area (Å²) in [6.45, 7) is 3.42. The SMILES string of the molecule is CCCCCCCCCC(Oc1ccc(C2c3ccc(OCc4ccccc4)cc3OCC2c2ccccc2)cc1)N(C)C. The number of fused-ring (bicyclic) bond motifs is 1.